The second kappa shape index (κ2) is 5.25. The molecule has 2 nitrogen and oxygen atoms in total. The number of rotatable bonds is 4. The van der Waals surface area contributed by atoms with E-state index in [1.165, 1.54) is 0 Å². The maximum atomic E-state index is 13.0. The SMILES string of the molecule is N#CCCCNc1cc(F)c(F)cc1F. The Balaban J connectivity index is 2.62. The van der Waals surface area contributed by atoms with E-state index in [1.807, 2.05) is 6.07 Å². The van der Waals surface area contributed by atoms with Crippen LogP contribution in [0.1, 0.15) is 12.8 Å². The highest BCUT2D eigenvalue weighted by Gasteiger charge is 2.08. The molecule has 1 aromatic carbocycles. The standard InChI is InChI=1S/C10H9F3N2/c11-7-5-9(13)10(6-8(7)12)15-4-2-1-3-14/h5-6,15H,1-2,4H2. The predicted molar refractivity (Wildman–Crippen MR) is 49.7 cm³/mol. The summed E-state index contributed by atoms with van der Waals surface area (Å²) in [5, 5.41) is 10.8. The Labute approximate surface area is 85.3 Å². The summed E-state index contributed by atoms with van der Waals surface area (Å²) in [6, 6.07) is 3.17. The number of halogens is 3. The van der Waals surface area contributed by atoms with Crippen molar-refractivity contribution in [1.82, 2.24) is 0 Å². The van der Waals surface area contributed by atoms with Crippen molar-refractivity contribution in [1.29, 1.82) is 5.26 Å². The lowest BCUT2D eigenvalue weighted by molar-refractivity contribution is 0.496. The fraction of sp³-hybridized carbons (Fsp3) is 0.300. The molecule has 1 N–H and O–H groups in total. The van der Waals surface area contributed by atoms with Crippen molar-refractivity contribution in [2.24, 2.45) is 0 Å². The number of hydrogen-bond acceptors (Lipinski definition) is 2. The zero-order valence-corrected chi connectivity index (χ0v) is 7.86. The largest absolute Gasteiger partial charge is 0.383 e. The Hall–Kier alpha value is -1.70. The van der Waals surface area contributed by atoms with Gasteiger partial charge in [-0.05, 0) is 6.42 Å². The van der Waals surface area contributed by atoms with Gasteiger partial charge in [-0.3, -0.25) is 0 Å². The van der Waals surface area contributed by atoms with Crippen LogP contribution >= 0.6 is 0 Å². The van der Waals surface area contributed by atoms with Crippen LogP contribution in [-0.4, -0.2) is 6.54 Å². The van der Waals surface area contributed by atoms with Crippen LogP contribution in [0.2, 0.25) is 0 Å². The van der Waals surface area contributed by atoms with Gasteiger partial charge in [0.1, 0.15) is 5.82 Å². The van der Waals surface area contributed by atoms with Gasteiger partial charge in [-0.2, -0.15) is 5.26 Å². The molecule has 0 fully saturated rings. The van der Waals surface area contributed by atoms with Crippen molar-refractivity contribution in [3.63, 3.8) is 0 Å². The van der Waals surface area contributed by atoms with Crippen LogP contribution in [0.25, 0.3) is 0 Å². The van der Waals surface area contributed by atoms with Crippen LogP contribution < -0.4 is 5.32 Å². The number of nitrogens with one attached hydrogen (secondary N) is 1. The zero-order valence-electron chi connectivity index (χ0n) is 7.86. The van der Waals surface area contributed by atoms with Gasteiger partial charge in [0.05, 0.1) is 11.8 Å². The maximum absolute atomic E-state index is 13.0. The summed E-state index contributed by atoms with van der Waals surface area (Å²) in [6.45, 7) is 0.343. The van der Waals surface area contributed by atoms with E-state index in [-0.39, 0.29) is 5.69 Å². The molecule has 0 aromatic heterocycles. The van der Waals surface area contributed by atoms with E-state index in [1.54, 1.807) is 0 Å². The molecule has 0 unspecified atom stereocenters. The molecule has 0 spiro atoms. The molecule has 5 heteroatoms. The van der Waals surface area contributed by atoms with Crippen LogP contribution in [0.3, 0.4) is 0 Å². The minimum atomic E-state index is -1.21. The molecule has 0 aliphatic rings. The van der Waals surface area contributed by atoms with Crippen molar-refractivity contribution in [3.05, 3.63) is 29.6 Å². The molecular weight excluding hydrogens is 205 g/mol. The van der Waals surface area contributed by atoms with E-state index >= 15 is 0 Å². The number of anilines is 1. The molecule has 0 aliphatic carbocycles. The van der Waals surface area contributed by atoms with E-state index in [0.29, 0.717) is 25.5 Å². The monoisotopic (exact) mass is 214 g/mol. The maximum Gasteiger partial charge on any atom is 0.161 e. The molecule has 15 heavy (non-hydrogen) atoms. The van der Waals surface area contributed by atoms with E-state index in [9.17, 15) is 13.2 Å². The zero-order chi connectivity index (χ0) is 11.3. The summed E-state index contributed by atoms with van der Waals surface area (Å²) in [7, 11) is 0. The molecule has 0 aliphatic heterocycles. The summed E-state index contributed by atoms with van der Waals surface area (Å²) in [4.78, 5) is 0. The van der Waals surface area contributed by atoms with Crippen LogP contribution in [0.15, 0.2) is 12.1 Å². The van der Waals surface area contributed by atoms with Gasteiger partial charge in [0.2, 0.25) is 0 Å². The third kappa shape index (κ3) is 3.17. The minimum Gasteiger partial charge on any atom is -0.383 e. The van der Waals surface area contributed by atoms with Gasteiger partial charge in [0, 0.05) is 25.1 Å². The van der Waals surface area contributed by atoms with Crippen molar-refractivity contribution >= 4 is 5.69 Å². The molecular formula is C10H9F3N2. The van der Waals surface area contributed by atoms with E-state index in [0.717, 1.165) is 6.07 Å². The fourth-order valence-electron chi connectivity index (χ4n) is 1.05. The Morgan fingerprint density at radius 3 is 2.47 bits per heavy atom. The first-order valence-corrected chi connectivity index (χ1v) is 4.40. The fourth-order valence-corrected chi connectivity index (χ4v) is 1.05. The average Bonchev–Trinajstić information content (AvgIpc) is 2.20. The quantitative estimate of drug-likeness (QED) is 0.618. The Bertz CT molecular complexity index is 385. The smallest absolute Gasteiger partial charge is 0.161 e. The first-order chi connectivity index (χ1) is 7.15. The molecule has 0 saturated heterocycles. The van der Waals surface area contributed by atoms with Crippen molar-refractivity contribution in [2.45, 2.75) is 12.8 Å². The number of benzene rings is 1. The molecule has 80 valence electrons. The summed E-state index contributed by atoms with van der Waals surface area (Å²) >= 11 is 0. The number of hydrogen-bond donors (Lipinski definition) is 1. The summed E-state index contributed by atoms with van der Waals surface area (Å²) in [5.74, 6) is -3.15. The topological polar surface area (TPSA) is 35.8 Å². The van der Waals surface area contributed by atoms with Gasteiger partial charge in [0.15, 0.2) is 11.6 Å². The second-order valence-corrected chi connectivity index (χ2v) is 2.93. The molecule has 0 bridgehead atoms. The lowest BCUT2D eigenvalue weighted by Crippen LogP contribution is -2.04. The number of unbranched alkanes of at least 4 members (excludes halogenated alkanes) is 1. The predicted octanol–water partition coefficient (Wildman–Crippen LogP) is 2.82. The highest BCUT2D eigenvalue weighted by molar-refractivity contribution is 5.45. The Morgan fingerprint density at radius 2 is 1.80 bits per heavy atom. The third-order valence-corrected chi connectivity index (χ3v) is 1.79. The summed E-state index contributed by atoms with van der Waals surface area (Å²) in [5.41, 5.74) is -0.0909. The van der Waals surface area contributed by atoms with E-state index < -0.39 is 17.5 Å². The van der Waals surface area contributed by atoms with Crippen LogP contribution in [0, 0.1) is 28.8 Å². The van der Waals surface area contributed by atoms with Crippen LogP contribution in [0.5, 0.6) is 0 Å². The second-order valence-electron chi connectivity index (χ2n) is 2.93. The highest BCUT2D eigenvalue weighted by Crippen LogP contribution is 2.18. The first-order valence-electron chi connectivity index (χ1n) is 4.40. The van der Waals surface area contributed by atoms with E-state index in [2.05, 4.69) is 5.32 Å². The highest BCUT2D eigenvalue weighted by atomic mass is 19.2. The number of nitrogens with zero attached hydrogens (tertiary/aromatic N) is 1. The molecule has 0 radical (unpaired) electrons. The molecule has 0 saturated carbocycles. The minimum absolute atomic E-state index is 0.0909. The number of nitriles is 1. The molecule has 0 amide bonds. The third-order valence-electron chi connectivity index (χ3n) is 1.79. The molecule has 0 atom stereocenters. The summed E-state index contributed by atoms with van der Waals surface area (Å²) in [6.07, 6.45) is 0.854. The summed E-state index contributed by atoms with van der Waals surface area (Å²) < 4.78 is 38.2. The van der Waals surface area contributed by atoms with E-state index in [4.69, 9.17) is 5.26 Å². The first kappa shape index (κ1) is 11.4. The lowest BCUT2D eigenvalue weighted by atomic mass is 10.2. The van der Waals surface area contributed by atoms with Crippen LogP contribution in [-0.2, 0) is 0 Å². The molecule has 1 rings (SSSR count). The van der Waals surface area contributed by atoms with Gasteiger partial charge >= 0.3 is 0 Å². The molecule has 0 heterocycles. The average molecular weight is 214 g/mol. The van der Waals surface area contributed by atoms with Gasteiger partial charge in [-0.15, -0.1) is 0 Å². The lowest BCUT2D eigenvalue weighted by Gasteiger charge is -2.06. The molecule has 1 aromatic rings. The van der Waals surface area contributed by atoms with Crippen molar-refractivity contribution in [2.75, 3.05) is 11.9 Å². The van der Waals surface area contributed by atoms with Gasteiger partial charge in [0.25, 0.3) is 0 Å². The normalized spacial score (nSPS) is 9.73. The Kier molecular flexibility index (Phi) is 3.98. The van der Waals surface area contributed by atoms with Crippen LogP contribution in [0.4, 0.5) is 18.9 Å². The van der Waals surface area contributed by atoms with Gasteiger partial charge < -0.3 is 5.32 Å². The van der Waals surface area contributed by atoms with Crippen molar-refractivity contribution in [3.8, 4) is 6.07 Å². The van der Waals surface area contributed by atoms with Gasteiger partial charge in [-0.1, -0.05) is 0 Å². The van der Waals surface area contributed by atoms with Gasteiger partial charge in [-0.25, -0.2) is 13.2 Å². The Morgan fingerprint density at radius 1 is 1.13 bits per heavy atom. The van der Waals surface area contributed by atoms with Crippen molar-refractivity contribution < 1.29 is 13.2 Å².